The minimum atomic E-state index is -2.09. The van der Waals surface area contributed by atoms with Crippen LogP contribution in [0.4, 0.5) is 4.79 Å². The van der Waals surface area contributed by atoms with Crippen LogP contribution in [0, 0.1) is 0 Å². The zero-order chi connectivity index (χ0) is 25.8. The van der Waals surface area contributed by atoms with Crippen LogP contribution < -0.4 is 0 Å². The van der Waals surface area contributed by atoms with E-state index in [1.54, 1.807) is 6.92 Å². The van der Waals surface area contributed by atoms with Gasteiger partial charge in [0.15, 0.2) is 8.32 Å². The van der Waals surface area contributed by atoms with Gasteiger partial charge in [0.05, 0.1) is 31.4 Å². The third-order valence-corrected chi connectivity index (χ3v) is 11.6. The van der Waals surface area contributed by atoms with Crippen molar-refractivity contribution in [3.63, 3.8) is 0 Å². The molecule has 1 heterocycles. The molecule has 1 N–H and O–H groups in total. The topological polar surface area (TPSA) is 76.1 Å². The van der Waals surface area contributed by atoms with Gasteiger partial charge in [-0.15, -0.1) is 0 Å². The van der Waals surface area contributed by atoms with E-state index in [4.69, 9.17) is 9.16 Å². The van der Waals surface area contributed by atoms with Crippen molar-refractivity contribution in [1.82, 2.24) is 4.90 Å². The maximum Gasteiger partial charge on any atom is 0.407 e. The molecule has 1 atom stereocenters. The van der Waals surface area contributed by atoms with Crippen molar-refractivity contribution < 1.29 is 23.9 Å². The van der Waals surface area contributed by atoms with Crippen LogP contribution in [0.3, 0.4) is 0 Å². The molecule has 0 saturated carbocycles. The lowest BCUT2D eigenvalue weighted by molar-refractivity contribution is -0.138. The summed E-state index contributed by atoms with van der Waals surface area (Å²) in [5.74, 6) is -0.470. The molecule has 2 aromatic carbocycles. The first-order valence-electron chi connectivity index (χ1n) is 12.1. The fourth-order valence-electron chi connectivity index (χ4n) is 3.97. The molecule has 6 nitrogen and oxygen atoms in total. The summed E-state index contributed by atoms with van der Waals surface area (Å²) in [4.78, 5) is 26.5. The van der Waals surface area contributed by atoms with E-state index in [0.717, 1.165) is 22.3 Å². The Kier molecular flexibility index (Phi) is 8.23. The molecule has 0 radical (unpaired) electrons. The molecule has 1 aliphatic rings. The Bertz CT molecular complexity index is 1090. The number of carbonyl (C=O) groups excluding carboxylic acids is 1. The highest BCUT2D eigenvalue weighted by Crippen LogP contribution is 2.38. The van der Waals surface area contributed by atoms with E-state index in [1.165, 1.54) is 4.90 Å². The number of carbonyl (C=O) groups is 2. The van der Waals surface area contributed by atoms with Crippen molar-refractivity contribution in [3.05, 3.63) is 65.7 Å². The summed E-state index contributed by atoms with van der Waals surface area (Å²) in [6, 6.07) is 17.7. The second kappa shape index (κ2) is 10.8. The molecule has 0 aromatic heterocycles. The first-order valence-corrected chi connectivity index (χ1v) is 15.0. The lowest BCUT2D eigenvalue weighted by Crippen LogP contribution is -2.50. The van der Waals surface area contributed by atoms with E-state index in [1.807, 2.05) is 48.5 Å². The lowest BCUT2D eigenvalue weighted by atomic mass is 9.88. The molecular weight excluding hydrogens is 458 g/mol. The van der Waals surface area contributed by atoms with Crippen molar-refractivity contribution in [2.75, 3.05) is 19.8 Å². The standard InChI is InChI=1S/C28H37NO5Si/c1-7-33-26(30)25-18-29(27(31)32)23(19-34-35(5,6)28(2,3)4)17-24(25)22-15-11-14-21(16-22)20-12-9-8-10-13-20/h8-16,23H,7,17-19H2,1-6H3,(H,31,32). The van der Waals surface area contributed by atoms with Crippen molar-refractivity contribution in [1.29, 1.82) is 0 Å². The second-order valence-electron chi connectivity index (χ2n) is 10.5. The van der Waals surface area contributed by atoms with Crippen molar-refractivity contribution in [2.24, 2.45) is 0 Å². The smallest absolute Gasteiger partial charge is 0.407 e. The summed E-state index contributed by atoms with van der Waals surface area (Å²) < 4.78 is 11.8. The van der Waals surface area contributed by atoms with Crippen LogP contribution in [0.25, 0.3) is 16.7 Å². The summed E-state index contributed by atoms with van der Waals surface area (Å²) in [6.07, 6.45) is -0.680. The number of hydrogen-bond acceptors (Lipinski definition) is 4. The van der Waals surface area contributed by atoms with E-state index in [9.17, 15) is 14.7 Å². The first kappa shape index (κ1) is 26.7. The molecule has 35 heavy (non-hydrogen) atoms. The van der Waals surface area contributed by atoms with Gasteiger partial charge in [-0.1, -0.05) is 69.3 Å². The number of rotatable bonds is 7. The number of nitrogens with zero attached hydrogens (tertiary/aromatic N) is 1. The zero-order valence-electron chi connectivity index (χ0n) is 21.6. The van der Waals surface area contributed by atoms with Gasteiger partial charge in [0, 0.05) is 0 Å². The van der Waals surface area contributed by atoms with Crippen LogP contribution in [0.1, 0.15) is 39.7 Å². The predicted molar refractivity (Wildman–Crippen MR) is 142 cm³/mol. The molecule has 0 aliphatic carbocycles. The summed E-state index contributed by atoms with van der Waals surface area (Å²) in [5, 5.41) is 9.99. The lowest BCUT2D eigenvalue weighted by Gasteiger charge is -2.41. The molecule has 0 bridgehead atoms. The summed E-state index contributed by atoms with van der Waals surface area (Å²) in [6.45, 7) is 13.0. The van der Waals surface area contributed by atoms with Crippen LogP contribution >= 0.6 is 0 Å². The van der Waals surface area contributed by atoms with Gasteiger partial charge in [0.25, 0.3) is 0 Å². The third-order valence-electron chi connectivity index (χ3n) is 7.10. The first-order chi connectivity index (χ1) is 16.4. The number of amides is 1. The highest BCUT2D eigenvalue weighted by molar-refractivity contribution is 6.74. The van der Waals surface area contributed by atoms with E-state index in [0.29, 0.717) is 18.6 Å². The highest BCUT2D eigenvalue weighted by Gasteiger charge is 2.40. The van der Waals surface area contributed by atoms with Crippen molar-refractivity contribution in [3.8, 4) is 11.1 Å². The predicted octanol–water partition coefficient (Wildman–Crippen LogP) is 6.44. The average molecular weight is 496 g/mol. The van der Waals surface area contributed by atoms with E-state index in [2.05, 4.69) is 39.9 Å². The number of carboxylic acid groups (broad SMARTS) is 1. The van der Waals surface area contributed by atoms with Gasteiger partial charge in [-0.05, 0) is 59.8 Å². The molecule has 1 amide bonds. The number of ether oxygens (including phenoxy) is 1. The Morgan fingerprint density at radius 3 is 2.26 bits per heavy atom. The van der Waals surface area contributed by atoms with E-state index < -0.39 is 26.4 Å². The summed E-state index contributed by atoms with van der Waals surface area (Å²) in [7, 11) is -2.09. The van der Waals surface area contributed by atoms with Gasteiger partial charge in [-0.25, -0.2) is 9.59 Å². The zero-order valence-corrected chi connectivity index (χ0v) is 22.6. The van der Waals surface area contributed by atoms with Gasteiger partial charge in [-0.3, -0.25) is 4.90 Å². The molecule has 0 saturated heterocycles. The third kappa shape index (κ3) is 6.21. The number of benzene rings is 2. The maximum atomic E-state index is 12.9. The second-order valence-corrected chi connectivity index (χ2v) is 15.3. The fraction of sp³-hybridized carbons (Fsp3) is 0.429. The normalized spacial score (nSPS) is 16.9. The monoisotopic (exact) mass is 495 g/mol. The SMILES string of the molecule is CCOC(=O)C1=C(c2cccc(-c3ccccc3)c2)CC(CO[Si](C)(C)C(C)(C)C)N(C(=O)O)C1. The molecular formula is C28H37NO5Si. The Hall–Kier alpha value is -2.90. The highest BCUT2D eigenvalue weighted by atomic mass is 28.4. The van der Waals surface area contributed by atoms with Crippen LogP contribution in [-0.2, 0) is 14.0 Å². The van der Waals surface area contributed by atoms with Gasteiger partial charge < -0.3 is 14.3 Å². The number of hydrogen-bond donors (Lipinski definition) is 1. The van der Waals surface area contributed by atoms with Crippen LogP contribution in [0.5, 0.6) is 0 Å². The average Bonchev–Trinajstić information content (AvgIpc) is 2.82. The Morgan fingerprint density at radius 1 is 1.03 bits per heavy atom. The van der Waals surface area contributed by atoms with Gasteiger partial charge >= 0.3 is 12.1 Å². The molecule has 0 spiro atoms. The quantitative estimate of drug-likeness (QED) is 0.353. The Balaban J connectivity index is 2.02. The van der Waals surface area contributed by atoms with Crippen LogP contribution in [-0.4, -0.2) is 56.2 Å². The molecule has 7 heteroatoms. The van der Waals surface area contributed by atoms with Crippen LogP contribution in [0.2, 0.25) is 18.1 Å². The molecule has 1 unspecified atom stereocenters. The minimum absolute atomic E-state index is 0.00843. The molecule has 3 rings (SSSR count). The van der Waals surface area contributed by atoms with Crippen molar-refractivity contribution >= 4 is 26.0 Å². The van der Waals surface area contributed by atoms with Gasteiger partial charge in [0.1, 0.15) is 0 Å². The van der Waals surface area contributed by atoms with Crippen LogP contribution in [0.15, 0.2) is 60.2 Å². The maximum absolute atomic E-state index is 12.9. The molecule has 0 fully saturated rings. The van der Waals surface area contributed by atoms with Crippen molar-refractivity contribution in [2.45, 2.75) is 58.3 Å². The van der Waals surface area contributed by atoms with E-state index in [-0.39, 0.29) is 18.2 Å². The largest absolute Gasteiger partial charge is 0.465 e. The molecule has 2 aromatic rings. The number of esters is 1. The fourth-order valence-corrected chi connectivity index (χ4v) is 5.01. The summed E-state index contributed by atoms with van der Waals surface area (Å²) in [5.41, 5.74) is 4.23. The Morgan fingerprint density at radius 2 is 1.66 bits per heavy atom. The Labute approximate surface area is 209 Å². The molecule has 188 valence electrons. The van der Waals surface area contributed by atoms with Gasteiger partial charge in [-0.2, -0.15) is 0 Å². The minimum Gasteiger partial charge on any atom is -0.465 e. The molecule has 1 aliphatic heterocycles. The van der Waals surface area contributed by atoms with E-state index >= 15 is 0 Å². The summed E-state index contributed by atoms with van der Waals surface area (Å²) >= 11 is 0. The van der Waals surface area contributed by atoms with Gasteiger partial charge in [0.2, 0.25) is 0 Å².